The zero-order chi connectivity index (χ0) is 12.8. The number of hydrogen-bond donors (Lipinski definition) is 2. The molecule has 0 radical (unpaired) electrons. The van der Waals surface area contributed by atoms with Crippen LogP contribution in [0.1, 0.15) is 36.1 Å². The summed E-state index contributed by atoms with van der Waals surface area (Å²) in [5.41, 5.74) is 5.82. The molecule has 18 heavy (non-hydrogen) atoms. The highest BCUT2D eigenvalue weighted by Crippen LogP contribution is 2.26. The van der Waals surface area contributed by atoms with E-state index in [1.807, 2.05) is 6.20 Å². The van der Waals surface area contributed by atoms with Crippen LogP contribution in [0.15, 0.2) is 11.2 Å². The molecular weight excluding hydrogens is 244 g/mol. The Morgan fingerprint density at radius 2 is 2.44 bits per heavy atom. The molecule has 1 saturated carbocycles. The van der Waals surface area contributed by atoms with Gasteiger partial charge in [0.25, 0.3) is 0 Å². The number of rotatable bonds is 6. The van der Waals surface area contributed by atoms with Gasteiger partial charge < -0.3 is 11.1 Å². The van der Waals surface area contributed by atoms with E-state index >= 15 is 0 Å². The number of aliphatic imine (C=N–C) groups is 1. The molecule has 0 spiro atoms. The van der Waals surface area contributed by atoms with Crippen LogP contribution in [0.3, 0.4) is 0 Å². The molecule has 1 heterocycles. The third-order valence-corrected chi connectivity index (χ3v) is 4.54. The van der Waals surface area contributed by atoms with Crippen molar-refractivity contribution in [2.24, 2.45) is 16.6 Å². The second-order valence-corrected chi connectivity index (χ2v) is 5.97. The molecule has 1 aliphatic carbocycles. The Labute approximate surface area is 113 Å². The average molecular weight is 266 g/mol. The zero-order valence-corrected chi connectivity index (χ0v) is 11.8. The molecule has 1 aliphatic rings. The Morgan fingerprint density at radius 1 is 1.61 bits per heavy atom. The lowest BCUT2D eigenvalue weighted by Crippen LogP contribution is -2.34. The standard InChI is InChI=1S/C13H22N4S/c1-2-11-9-16-12(18-11)6-7-15-13(14)17-8-10-4-3-5-10/h9-10H,2-8H2,1H3,(H3,14,15,17). The summed E-state index contributed by atoms with van der Waals surface area (Å²) >= 11 is 1.78. The fourth-order valence-electron chi connectivity index (χ4n) is 1.88. The third kappa shape index (κ3) is 3.98. The van der Waals surface area contributed by atoms with Crippen LogP contribution >= 0.6 is 11.3 Å². The fraction of sp³-hybridized carbons (Fsp3) is 0.692. The molecule has 0 unspecified atom stereocenters. The first-order valence-corrected chi connectivity index (χ1v) is 7.57. The van der Waals surface area contributed by atoms with Gasteiger partial charge in [0, 0.05) is 30.6 Å². The summed E-state index contributed by atoms with van der Waals surface area (Å²) in [6.07, 6.45) is 7.94. The predicted octanol–water partition coefficient (Wildman–Crippen LogP) is 1.95. The van der Waals surface area contributed by atoms with Gasteiger partial charge in [-0.1, -0.05) is 13.3 Å². The summed E-state index contributed by atoms with van der Waals surface area (Å²) < 4.78 is 0. The van der Waals surface area contributed by atoms with Crippen molar-refractivity contribution in [3.05, 3.63) is 16.1 Å². The topological polar surface area (TPSA) is 63.3 Å². The van der Waals surface area contributed by atoms with E-state index in [4.69, 9.17) is 5.73 Å². The minimum Gasteiger partial charge on any atom is -0.370 e. The zero-order valence-electron chi connectivity index (χ0n) is 11.0. The van der Waals surface area contributed by atoms with Crippen LogP contribution < -0.4 is 11.1 Å². The van der Waals surface area contributed by atoms with Crippen LogP contribution in [0.25, 0.3) is 0 Å². The Morgan fingerprint density at radius 3 is 3.06 bits per heavy atom. The van der Waals surface area contributed by atoms with Crippen molar-refractivity contribution in [3.63, 3.8) is 0 Å². The van der Waals surface area contributed by atoms with Crippen molar-refractivity contribution in [2.75, 3.05) is 13.1 Å². The maximum atomic E-state index is 5.82. The molecule has 0 aliphatic heterocycles. The Kier molecular flexibility index (Phi) is 4.99. The summed E-state index contributed by atoms with van der Waals surface area (Å²) in [7, 11) is 0. The Bertz CT molecular complexity index is 395. The minimum atomic E-state index is 0.578. The Balaban J connectivity index is 1.64. The number of hydrogen-bond acceptors (Lipinski definition) is 3. The number of aryl methyl sites for hydroxylation is 1. The molecule has 0 aromatic carbocycles. The van der Waals surface area contributed by atoms with Gasteiger partial charge in [0.15, 0.2) is 5.96 Å². The smallest absolute Gasteiger partial charge is 0.188 e. The largest absolute Gasteiger partial charge is 0.370 e. The molecule has 1 fully saturated rings. The van der Waals surface area contributed by atoms with E-state index in [-0.39, 0.29) is 0 Å². The first kappa shape index (κ1) is 13.3. The van der Waals surface area contributed by atoms with Crippen LogP contribution in [-0.4, -0.2) is 24.0 Å². The van der Waals surface area contributed by atoms with Crippen LogP contribution in [0, 0.1) is 5.92 Å². The highest BCUT2D eigenvalue weighted by molar-refractivity contribution is 7.11. The van der Waals surface area contributed by atoms with Crippen LogP contribution in [0.5, 0.6) is 0 Å². The van der Waals surface area contributed by atoms with Crippen molar-refractivity contribution < 1.29 is 0 Å². The van der Waals surface area contributed by atoms with E-state index in [2.05, 4.69) is 22.2 Å². The van der Waals surface area contributed by atoms with E-state index in [1.165, 1.54) is 29.1 Å². The fourth-order valence-corrected chi connectivity index (χ4v) is 2.75. The highest BCUT2D eigenvalue weighted by Gasteiger charge is 2.16. The van der Waals surface area contributed by atoms with Crippen LogP contribution in [0.4, 0.5) is 0 Å². The molecule has 2 rings (SSSR count). The number of nitrogens with zero attached hydrogens (tertiary/aromatic N) is 2. The third-order valence-electron chi connectivity index (χ3n) is 3.34. The molecule has 0 saturated heterocycles. The van der Waals surface area contributed by atoms with Gasteiger partial charge in [0.05, 0.1) is 5.01 Å². The first-order chi connectivity index (χ1) is 8.78. The molecular formula is C13H22N4S. The number of nitrogens with one attached hydrogen (secondary N) is 1. The van der Waals surface area contributed by atoms with Crippen molar-refractivity contribution in [1.29, 1.82) is 0 Å². The summed E-state index contributed by atoms with van der Waals surface area (Å²) in [5.74, 6) is 1.35. The summed E-state index contributed by atoms with van der Waals surface area (Å²) in [6.45, 7) is 3.85. The highest BCUT2D eigenvalue weighted by atomic mass is 32.1. The van der Waals surface area contributed by atoms with Gasteiger partial charge in [-0.05, 0) is 25.2 Å². The second kappa shape index (κ2) is 6.73. The van der Waals surface area contributed by atoms with E-state index in [0.717, 1.165) is 31.8 Å². The molecule has 1 aromatic rings. The maximum Gasteiger partial charge on any atom is 0.188 e. The SMILES string of the molecule is CCc1cnc(CCNC(N)=NCC2CCC2)s1. The number of guanidine groups is 1. The van der Waals surface area contributed by atoms with Gasteiger partial charge in [-0.2, -0.15) is 0 Å². The van der Waals surface area contributed by atoms with Crippen molar-refractivity contribution >= 4 is 17.3 Å². The monoisotopic (exact) mass is 266 g/mol. The molecule has 5 heteroatoms. The van der Waals surface area contributed by atoms with Gasteiger partial charge in [-0.25, -0.2) is 4.98 Å². The van der Waals surface area contributed by atoms with Gasteiger partial charge >= 0.3 is 0 Å². The normalized spacial score (nSPS) is 16.6. The predicted molar refractivity (Wildman–Crippen MR) is 77.0 cm³/mol. The van der Waals surface area contributed by atoms with Crippen LogP contribution in [0.2, 0.25) is 0 Å². The number of nitrogens with two attached hydrogens (primary N) is 1. The van der Waals surface area contributed by atoms with Crippen LogP contribution in [-0.2, 0) is 12.8 Å². The lowest BCUT2D eigenvalue weighted by Gasteiger charge is -2.23. The van der Waals surface area contributed by atoms with E-state index in [0.29, 0.717) is 5.96 Å². The summed E-state index contributed by atoms with van der Waals surface area (Å²) in [6, 6.07) is 0. The molecule has 4 nitrogen and oxygen atoms in total. The quantitative estimate of drug-likeness (QED) is 0.611. The molecule has 3 N–H and O–H groups in total. The van der Waals surface area contributed by atoms with Gasteiger partial charge in [0.1, 0.15) is 0 Å². The van der Waals surface area contributed by atoms with E-state index < -0.39 is 0 Å². The first-order valence-electron chi connectivity index (χ1n) is 6.75. The van der Waals surface area contributed by atoms with Crippen molar-refractivity contribution in [1.82, 2.24) is 10.3 Å². The number of thiazole rings is 1. The van der Waals surface area contributed by atoms with Gasteiger partial charge in [-0.3, -0.25) is 4.99 Å². The van der Waals surface area contributed by atoms with E-state index in [9.17, 15) is 0 Å². The van der Waals surface area contributed by atoms with E-state index in [1.54, 1.807) is 11.3 Å². The minimum absolute atomic E-state index is 0.578. The second-order valence-electron chi connectivity index (χ2n) is 4.77. The lowest BCUT2D eigenvalue weighted by atomic mass is 9.86. The van der Waals surface area contributed by atoms with Gasteiger partial charge in [-0.15, -0.1) is 11.3 Å². The average Bonchev–Trinajstić information content (AvgIpc) is 2.75. The Hall–Kier alpha value is -1.10. The molecule has 100 valence electrons. The molecule has 0 amide bonds. The van der Waals surface area contributed by atoms with Crippen molar-refractivity contribution in [2.45, 2.75) is 39.0 Å². The maximum absolute atomic E-state index is 5.82. The molecule has 1 aromatic heterocycles. The molecule has 0 bridgehead atoms. The lowest BCUT2D eigenvalue weighted by molar-refractivity contribution is 0.326. The summed E-state index contributed by atoms with van der Waals surface area (Å²) in [4.78, 5) is 10.1. The summed E-state index contributed by atoms with van der Waals surface area (Å²) in [5, 5.41) is 4.33. The van der Waals surface area contributed by atoms with Gasteiger partial charge in [0.2, 0.25) is 0 Å². The number of aromatic nitrogens is 1. The van der Waals surface area contributed by atoms with Crippen molar-refractivity contribution in [3.8, 4) is 0 Å². The molecule has 0 atom stereocenters.